The second-order valence-corrected chi connectivity index (χ2v) is 6.65. The maximum Gasteiger partial charge on any atom is 0.226 e. The first-order valence-corrected chi connectivity index (χ1v) is 9.03. The Hall–Kier alpha value is -3.77. The fourth-order valence-corrected chi connectivity index (χ4v) is 3.47. The summed E-state index contributed by atoms with van der Waals surface area (Å²) in [4.78, 5) is 4.98. The van der Waals surface area contributed by atoms with Crippen LogP contribution in [0.5, 0.6) is 0 Å². The minimum atomic E-state index is 0.361. The lowest BCUT2D eigenvalue weighted by Crippen LogP contribution is -1.97. The summed E-state index contributed by atoms with van der Waals surface area (Å²) >= 11 is 0. The fourth-order valence-electron chi connectivity index (χ4n) is 3.47. The summed E-state index contributed by atoms with van der Waals surface area (Å²) in [5.74, 6) is 0.361. The molecule has 0 radical (unpaired) electrons. The van der Waals surface area contributed by atoms with Crippen molar-refractivity contribution >= 4 is 22.5 Å². The second kappa shape index (κ2) is 6.44. The van der Waals surface area contributed by atoms with Crippen molar-refractivity contribution in [1.82, 2.24) is 19.6 Å². The predicted molar refractivity (Wildman–Crippen MR) is 111 cm³/mol. The van der Waals surface area contributed by atoms with Crippen molar-refractivity contribution in [1.29, 1.82) is 0 Å². The molecule has 0 bridgehead atoms. The highest BCUT2D eigenvalue weighted by Crippen LogP contribution is 2.34. The number of nitrogens with zero attached hydrogens (tertiary/aromatic N) is 4. The summed E-state index contributed by atoms with van der Waals surface area (Å²) in [6, 6.07) is 22.5. The van der Waals surface area contributed by atoms with Crippen molar-refractivity contribution in [2.75, 3.05) is 5.73 Å². The monoisotopic (exact) mass is 366 g/mol. The molecule has 6 heteroatoms. The highest BCUT2D eigenvalue weighted by atomic mass is 15.3. The van der Waals surface area contributed by atoms with Gasteiger partial charge in [-0.15, -0.1) is 10.2 Å². The Labute approximate surface area is 161 Å². The maximum absolute atomic E-state index is 5.92. The van der Waals surface area contributed by atoms with E-state index in [4.69, 9.17) is 16.5 Å². The standard InChI is InChI=1S/C22H18N6/c23-13-14-6-8-16(9-7-14)20-17(15-4-2-1-3-5-15)12-18-19(25-20)10-11-28-21(18)26-27-22(28)24/h1-12H,13,23H2,(H2,24,27). The largest absolute Gasteiger partial charge is 0.368 e. The zero-order valence-electron chi connectivity index (χ0n) is 15.1. The quantitative estimate of drug-likeness (QED) is 0.508. The van der Waals surface area contributed by atoms with Gasteiger partial charge in [-0.1, -0.05) is 54.6 Å². The van der Waals surface area contributed by atoms with Crippen LogP contribution in [0.1, 0.15) is 5.56 Å². The molecule has 3 aromatic heterocycles. The van der Waals surface area contributed by atoms with Crippen LogP contribution in [0.25, 0.3) is 38.9 Å². The molecule has 0 unspecified atom stereocenters. The average molecular weight is 366 g/mol. The number of aromatic nitrogens is 4. The van der Waals surface area contributed by atoms with Gasteiger partial charge >= 0.3 is 0 Å². The lowest BCUT2D eigenvalue weighted by atomic mass is 9.97. The van der Waals surface area contributed by atoms with E-state index in [1.807, 2.05) is 42.6 Å². The van der Waals surface area contributed by atoms with Gasteiger partial charge in [0.25, 0.3) is 0 Å². The van der Waals surface area contributed by atoms with Crippen molar-refractivity contribution in [2.24, 2.45) is 5.73 Å². The molecule has 28 heavy (non-hydrogen) atoms. The molecule has 0 saturated carbocycles. The number of hydrogen-bond donors (Lipinski definition) is 2. The second-order valence-electron chi connectivity index (χ2n) is 6.65. The Morgan fingerprint density at radius 3 is 2.39 bits per heavy atom. The van der Waals surface area contributed by atoms with Crippen LogP contribution in [0.4, 0.5) is 5.95 Å². The summed E-state index contributed by atoms with van der Waals surface area (Å²) in [6.07, 6.45) is 1.85. The molecule has 0 saturated heterocycles. The summed E-state index contributed by atoms with van der Waals surface area (Å²) in [5, 5.41) is 9.15. The molecule has 136 valence electrons. The van der Waals surface area contributed by atoms with Gasteiger partial charge in [0.2, 0.25) is 5.95 Å². The van der Waals surface area contributed by atoms with Crippen molar-refractivity contribution in [2.45, 2.75) is 6.54 Å². The van der Waals surface area contributed by atoms with Crippen LogP contribution >= 0.6 is 0 Å². The van der Waals surface area contributed by atoms with Crippen LogP contribution in [0.3, 0.4) is 0 Å². The molecule has 6 nitrogen and oxygen atoms in total. The minimum absolute atomic E-state index is 0.361. The van der Waals surface area contributed by atoms with Gasteiger partial charge in [0, 0.05) is 29.3 Å². The number of fused-ring (bicyclic) bond motifs is 3. The Kier molecular flexibility index (Phi) is 3.77. The summed E-state index contributed by atoms with van der Waals surface area (Å²) < 4.78 is 1.77. The molecule has 4 N–H and O–H groups in total. The van der Waals surface area contributed by atoms with Crippen molar-refractivity contribution < 1.29 is 0 Å². The van der Waals surface area contributed by atoms with Crippen molar-refractivity contribution in [3.05, 3.63) is 78.5 Å². The average Bonchev–Trinajstić information content (AvgIpc) is 3.14. The molecule has 0 spiro atoms. The third kappa shape index (κ3) is 2.59. The highest BCUT2D eigenvalue weighted by Gasteiger charge is 2.15. The van der Waals surface area contributed by atoms with Crippen LogP contribution in [-0.4, -0.2) is 19.6 Å². The number of rotatable bonds is 3. The fraction of sp³-hybridized carbons (Fsp3) is 0.0455. The minimum Gasteiger partial charge on any atom is -0.368 e. The van der Waals surface area contributed by atoms with Gasteiger partial charge in [-0.25, -0.2) is 4.98 Å². The Morgan fingerprint density at radius 1 is 0.857 bits per heavy atom. The maximum atomic E-state index is 5.92. The number of nitrogens with two attached hydrogens (primary N) is 2. The lowest BCUT2D eigenvalue weighted by Gasteiger charge is -2.12. The van der Waals surface area contributed by atoms with E-state index in [1.54, 1.807) is 4.40 Å². The van der Waals surface area contributed by atoms with E-state index >= 15 is 0 Å². The normalized spacial score (nSPS) is 11.3. The van der Waals surface area contributed by atoms with E-state index in [2.05, 4.69) is 40.5 Å². The van der Waals surface area contributed by atoms with Crippen molar-refractivity contribution in [3.8, 4) is 22.4 Å². The van der Waals surface area contributed by atoms with E-state index in [0.29, 0.717) is 18.1 Å². The first kappa shape index (κ1) is 16.4. The van der Waals surface area contributed by atoms with Gasteiger partial charge in [0.05, 0.1) is 11.2 Å². The Bertz CT molecular complexity index is 1290. The van der Waals surface area contributed by atoms with E-state index in [-0.39, 0.29) is 0 Å². The van der Waals surface area contributed by atoms with E-state index in [1.165, 1.54) is 0 Å². The van der Waals surface area contributed by atoms with Crippen LogP contribution < -0.4 is 11.5 Å². The molecular formula is C22H18N6. The predicted octanol–water partition coefficient (Wildman–Crippen LogP) is 3.65. The third-order valence-corrected chi connectivity index (χ3v) is 4.94. The van der Waals surface area contributed by atoms with Crippen LogP contribution in [0.15, 0.2) is 72.9 Å². The van der Waals surface area contributed by atoms with E-state index in [9.17, 15) is 0 Å². The molecule has 5 rings (SSSR count). The molecule has 5 aromatic rings. The zero-order chi connectivity index (χ0) is 19.1. The molecule has 0 aliphatic rings. The summed E-state index contributed by atoms with van der Waals surface area (Å²) in [7, 11) is 0. The van der Waals surface area contributed by atoms with Gasteiger partial charge < -0.3 is 11.5 Å². The molecule has 3 heterocycles. The first-order chi connectivity index (χ1) is 13.7. The molecule has 2 aromatic carbocycles. The smallest absolute Gasteiger partial charge is 0.226 e. The lowest BCUT2D eigenvalue weighted by molar-refractivity contribution is 1.07. The van der Waals surface area contributed by atoms with Gasteiger partial charge in [-0.3, -0.25) is 4.40 Å². The number of pyridine rings is 2. The van der Waals surface area contributed by atoms with E-state index in [0.717, 1.165) is 38.9 Å². The zero-order valence-corrected chi connectivity index (χ0v) is 15.1. The topological polar surface area (TPSA) is 95.1 Å². The van der Waals surface area contributed by atoms with Gasteiger partial charge in [-0.05, 0) is 23.3 Å². The van der Waals surface area contributed by atoms with Gasteiger partial charge in [0.1, 0.15) is 0 Å². The number of benzene rings is 2. The Morgan fingerprint density at radius 2 is 1.64 bits per heavy atom. The van der Waals surface area contributed by atoms with Gasteiger partial charge in [-0.2, -0.15) is 0 Å². The molecule has 0 atom stereocenters. The molecule has 0 fully saturated rings. The molecule has 0 amide bonds. The molecule has 0 aliphatic heterocycles. The third-order valence-electron chi connectivity index (χ3n) is 4.94. The van der Waals surface area contributed by atoms with Crippen LogP contribution in [0, 0.1) is 0 Å². The number of anilines is 1. The van der Waals surface area contributed by atoms with E-state index < -0.39 is 0 Å². The number of hydrogen-bond acceptors (Lipinski definition) is 5. The molecular weight excluding hydrogens is 348 g/mol. The summed E-state index contributed by atoms with van der Waals surface area (Å²) in [6.45, 7) is 0.517. The van der Waals surface area contributed by atoms with Gasteiger partial charge in [0.15, 0.2) is 5.65 Å². The van der Waals surface area contributed by atoms with Crippen molar-refractivity contribution in [3.63, 3.8) is 0 Å². The SMILES string of the molecule is NCc1ccc(-c2nc3ccn4c(N)nnc4c3cc2-c2ccccc2)cc1. The van der Waals surface area contributed by atoms with Crippen LogP contribution in [-0.2, 0) is 6.54 Å². The summed E-state index contributed by atoms with van der Waals surface area (Å²) in [5.41, 5.74) is 18.4. The van der Waals surface area contributed by atoms with Crippen LogP contribution in [0.2, 0.25) is 0 Å². The highest BCUT2D eigenvalue weighted by molar-refractivity contribution is 5.98. The first-order valence-electron chi connectivity index (χ1n) is 9.03. The number of nitrogen functional groups attached to an aromatic ring is 1. The molecule has 0 aliphatic carbocycles. The Balaban J connectivity index is 1.83.